The third-order valence-electron chi connectivity index (χ3n) is 5.65. The second-order valence-corrected chi connectivity index (χ2v) is 9.47. The Morgan fingerprint density at radius 2 is 1.69 bits per heavy atom. The number of alkyl halides is 3. The quantitative estimate of drug-likeness (QED) is 0.235. The van der Waals surface area contributed by atoms with Crippen LogP contribution in [0, 0.1) is 17.2 Å². The summed E-state index contributed by atoms with van der Waals surface area (Å²) in [5.41, 5.74) is -0.294. The molecule has 1 aromatic heterocycles. The summed E-state index contributed by atoms with van der Waals surface area (Å²) < 4.78 is 50.8. The largest absolute Gasteiger partial charge is 0.457 e. The number of fused-ring (bicyclic) bond motifs is 1. The van der Waals surface area contributed by atoms with E-state index < -0.39 is 29.7 Å². The summed E-state index contributed by atoms with van der Waals surface area (Å²) >= 11 is 1.21. The van der Waals surface area contributed by atoms with Crippen LogP contribution < -0.4 is 4.74 Å². The Kier molecular flexibility index (Phi) is 7.32. The van der Waals surface area contributed by atoms with Gasteiger partial charge in [-0.2, -0.15) is 18.4 Å². The zero-order chi connectivity index (χ0) is 25.9. The molecule has 0 aliphatic rings. The minimum absolute atomic E-state index is 0.214. The van der Waals surface area contributed by atoms with Crippen molar-refractivity contribution in [2.75, 3.05) is 0 Å². The molecular weight excluding hydrogens is 487 g/mol. The van der Waals surface area contributed by atoms with Crippen LogP contribution in [0.1, 0.15) is 41.9 Å². The molecule has 0 amide bonds. The van der Waals surface area contributed by atoms with Gasteiger partial charge >= 0.3 is 12.1 Å². The highest BCUT2D eigenvalue weighted by Gasteiger charge is 2.33. The van der Waals surface area contributed by atoms with E-state index >= 15 is 0 Å². The Balaban J connectivity index is 1.58. The highest BCUT2D eigenvalue weighted by Crippen LogP contribution is 2.40. The average Bonchev–Trinajstić information content (AvgIpc) is 3.25. The minimum Gasteiger partial charge on any atom is -0.457 e. The maximum atomic E-state index is 13.3. The van der Waals surface area contributed by atoms with Crippen molar-refractivity contribution in [2.45, 2.75) is 32.0 Å². The molecule has 2 unspecified atom stereocenters. The molecule has 2 atom stereocenters. The van der Waals surface area contributed by atoms with Crippen LogP contribution in [0.5, 0.6) is 11.5 Å². The number of thiophene rings is 1. The van der Waals surface area contributed by atoms with Gasteiger partial charge in [-0.15, -0.1) is 11.3 Å². The minimum atomic E-state index is -4.45. The Labute approximate surface area is 210 Å². The van der Waals surface area contributed by atoms with Gasteiger partial charge in [0.1, 0.15) is 17.6 Å². The first-order chi connectivity index (χ1) is 17.2. The lowest BCUT2D eigenvalue weighted by Gasteiger charge is -2.21. The van der Waals surface area contributed by atoms with Crippen molar-refractivity contribution in [1.82, 2.24) is 0 Å². The van der Waals surface area contributed by atoms with E-state index in [1.165, 1.54) is 17.4 Å². The monoisotopic (exact) mass is 509 g/mol. The van der Waals surface area contributed by atoms with Crippen LogP contribution in [-0.2, 0) is 15.7 Å². The van der Waals surface area contributed by atoms with Gasteiger partial charge < -0.3 is 9.47 Å². The normalized spacial score (nSPS) is 13.2. The summed E-state index contributed by atoms with van der Waals surface area (Å²) in [5.74, 6) is -0.467. The second kappa shape index (κ2) is 10.4. The van der Waals surface area contributed by atoms with E-state index in [2.05, 4.69) is 0 Å². The van der Waals surface area contributed by atoms with Crippen LogP contribution in [0.15, 0.2) is 78.2 Å². The lowest BCUT2D eigenvalue weighted by molar-refractivity contribution is -0.149. The van der Waals surface area contributed by atoms with Gasteiger partial charge in [-0.1, -0.05) is 50.2 Å². The van der Waals surface area contributed by atoms with Gasteiger partial charge in [-0.05, 0) is 58.5 Å². The summed E-state index contributed by atoms with van der Waals surface area (Å²) in [5, 5.41) is 12.3. The molecule has 8 heteroatoms. The third-order valence-corrected chi connectivity index (χ3v) is 6.75. The van der Waals surface area contributed by atoms with E-state index in [1.807, 2.05) is 38.1 Å². The lowest BCUT2D eigenvalue weighted by atomic mass is 9.91. The molecule has 0 N–H and O–H groups in total. The Morgan fingerprint density at radius 1 is 0.972 bits per heavy atom. The summed E-state index contributed by atoms with van der Waals surface area (Å²) in [6, 6.07) is 21.4. The number of hydrogen-bond donors (Lipinski definition) is 0. The number of ether oxygens (including phenoxy) is 2. The summed E-state index contributed by atoms with van der Waals surface area (Å²) in [6.45, 7) is 3.66. The summed E-state index contributed by atoms with van der Waals surface area (Å²) in [6.07, 6.45) is -5.63. The van der Waals surface area contributed by atoms with Gasteiger partial charge in [-0.3, -0.25) is 4.79 Å². The SMILES string of the molecule is CC(C)C(C(=O)OC(C#N)c1cccc(Oc2ccccc2)c1)c1scc2cc(C(F)(F)F)ccc12. The van der Waals surface area contributed by atoms with E-state index in [0.717, 1.165) is 12.1 Å². The number of para-hydroxylation sites is 1. The first kappa shape index (κ1) is 25.3. The van der Waals surface area contributed by atoms with E-state index in [-0.39, 0.29) is 5.92 Å². The number of rotatable bonds is 7. The molecule has 4 rings (SSSR count). The van der Waals surface area contributed by atoms with Crippen LogP contribution in [0.25, 0.3) is 10.8 Å². The van der Waals surface area contributed by atoms with Gasteiger partial charge in [0.2, 0.25) is 6.10 Å². The molecule has 4 nitrogen and oxygen atoms in total. The average molecular weight is 510 g/mol. The van der Waals surface area contributed by atoms with Gasteiger partial charge in [0.05, 0.1) is 11.5 Å². The van der Waals surface area contributed by atoms with Crippen LogP contribution in [0.2, 0.25) is 0 Å². The molecule has 0 aliphatic carbocycles. The number of esters is 1. The molecule has 0 aliphatic heterocycles. The van der Waals surface area contributed by atoms with Gasteiger partial charge in [0.15, 0.2) is 0 Å². The smallest absolute Gasteiger partial charge is 0.416 e. The fourth-order valence-electron chi connectivity index (χ4n) is 3.90. The molecule has 4 aromatic rings. The van der Waals surface area contributed by atoms with Crippen molar-refractivity contribution in [3.8, 4) is 17.6 Å². The number of benzene rings is 3. The first-order valence-corrected chi connectivity index (χ1v) is 12.1. The molecule has 36 heavy (non-hydrogen) atoms. The number of carbonyl (C=O) groups excluding carboxylic acids is 1. The van der Waals surface area contributed by atoms with E-state index in [4.69, 9.17) is 9.47 Å². The Hall–Kier alpha value is -3.83. The maximum Gasteiger partial charge on any atom is 0.416 e. The molecule has 0 fully saturated rings. The fraction of sp³-hybridized carbons (Fsp3) is 0.214. The van der Waals surface area contributed by atoms with Crippen LogP contribution in [-0.4, -0.2) is 5.97 Å². The molecule has 1 heterocycles. The second-order valence-electron chi connectivity index (χ2n) is 8.56. The fourth-order valence-corrected chi connectivity index (χ4v) is 5.18. The van der Waals surface area contributed by atoms with E-state index in [1.54, 1.807) is 41.8 Å². The van der Waals surface area contributed by atoms with Crippen LogP contribution >= 0.6 is 11.3 Å². The zero-order valence-corrected chi connectivity index (χ0v) is 20.3. The molecule has 0 saturated heterocycles. The maximum absolute atomic E-state index is 13.3. The van der Waals surface area contributed by atoms with E-state index in [0.29, 0.717) is 32.7 Å². The van der Waals surface area contributed by atoms with Crippen molar-refractivity contribution in [3.05, 3.63) is 94.2 Å². The number of carbonyl (C=O) groups is 1. The number of nitrogens with zero attached hydrogens (tertiary/aromatic N) is 1. The van der Waals surface area contributed by atoms with Crippen molar-refractivity contribution in [1.29, 1.82) is 5.26 Å². The number of halogens is 3. The van der Waals surface area contributed by atoms with Gasteiger partial charge in [0.25, 0.3) is 0 Å². The van der Waals surface area contributed by atoms with Crippen LogP contribution in [0.4, 0.5) is 13.2 Å². The van der Waals surface area contributed by atoms with Gasteiger partial charge in [-0.25, -0.2) is 0 Å². The van der Waals surface area contributed by atoms with Crippen LogP contribution in [0.3, 0.4) is 0 Å². The van der Waals surface area contributed by atoms with Crippen molar-refractivity contribution in [3.63, 3.8) is 0 Å². The molecule has 0 bridgehead atoms. The molecule has 0 spiro atoms. The highest BCUT2D eigenvalue weighted by molar-refractivity contribution is 7.11. The van der Waals surface area contributed by atoms with Crippen molar-refractivity contribution < 1.29 is 27.4 Å². The summed E-state index contributed by atoms with van der Waals surface area (Å²) in [4.78, 5) is 13.9. The molecule has 0 saturated carbocycles. The molecular formula is C28H22F3NO3S. The van der Waals surface area contributed by atoms with Crippen molar-refractivity contribution >= 4 is 28.1 Å². The molecule has 184 valence electrons. The topological polar surface area (TPSA) is 59.3 Å². The zero-order valence-electron chi connectivity index (χ0n) is 19.5. The van der Waals surface area contributed by atoms with Gasteiger partial charge in [0, 0.05) is 10.4 Å². The predicted octanol–water partition coefficient (Wildman–Crippen LogP) is 8.26. The third kappa shape index (κ3) is 5.52. The lowest BCUT2D eigenvalue weighted by Crippen LogP contribution is -2.22. The summed E-state index contributed by atoms with van der Waals surface area (Å²) in [7, 11) is 0. The van der Waals surface area contributed by atoms with Crippen molar-refractivity contribution in [2.24, 2.45) is 5.92 Å². The Bertz CT molecular complexity index is 1410. The predicted molar refractivity (Wildman–Crippen MR) is 132 cm³/mol. The first-order valence-electron chi connectivity index (χ1n) is 11.2. The standard InChI is InChI=1S/C28H22F3NO3S/c1-17(2)25(26-23-12-11-20(28(29,30)31)13-19(23)16-36-26)27(33)35-24(15-32)18-7-6-10-22(14-18)34-21-8-4-3-5-9-21/h3-14,16-17,24-25H,1-2H3. The molecule has 0 radical (unpaired) electrons. The highest BCUT2D eigenvalue weighted by atomic mass is 32.1. The Morgan fingerprint density at radius 3 is 2.36 bits per heavy atom. The molecule has 3 aromatic carbocycles. The number of nitriles is 1. The number of hydrogen-bond acceptors (Lipinski definition) is 5. The van der Waals surface area contributed by atoms with E-state index in [9.17, 15) is 23.2 Å².